The van der Waals surface area contributed by atoms with E-state index >= 15 is 0 Å². The van der Waals surface area contributed by atoms with E-state index in [-0.39, 0.29) is 11.5 Å². The zero-order valence-electron chi connectivity index (χ0n) is 16.3. The van der Waals surface area contributed by atoms with Gasteiger partial charge in [-0.15, -0.1) is 0 Å². The van der Waals surface area contributed by atoms with Crippen LogP contribution in [0, 0.1) is 34.5 Å². The third-order valence-corrected chi connectivity index (χ3v) is 9.79. The lowest BCUT2D eigenvalue weighted by Gasteiger charge is -2.59. The first-order valence-corrected chi connectivity index (χ1v) is 11.1. The van der Waals surface area contributed by atoms with Crippen molar-refractivity contribution >= 4 is 0 Å². The van der Waals surface area contributed by atoms with Crippen molar-refractivity contribution < 1.29 is 5.11 Å². The Labute approximate surface area is 154 Å². The highest BCUT2D eigenvalue weighted by atomic mass is 16.3. The van der Waals surface area contributed by atoms with Gasteiger partial charge in [0.15, 0.2) is 0 Å². The maximum absolute atomic E-state index is 11.3. The Bertz CT molecular complexity index is 552. The van der Waals surface area contributed by atoms with E-state index in [9.17, 15) is 5.11 Å². The number of fused-ring (bicyclic) bond motifs is 5. The van der Waals surface area contributed by atoms with Crippen LogP contribution in [0.25, 0.3) is 0 Å². The number of hydrogen-bond acceptors (Lipinski definition) is 2. The zero-order valence-corrected chi connectivity index (χ0v) is 16.3. The fourth-order valence-corrected chi connectivity index (χ4v) is 8.25. The molecule has 25 heavy (non-hydrogen) atoms. The molecule has 0 aromatic carbocycles. The second-order valence-corrected chi connectivity index (χ2v) is 10.6. The van der Waals surface area contributed by atoms with Gasteiger partial charge < -0.3 is 5.11 Å². The summed E-state index contributed by atoms with van der Waals surface area (Å²) < 4.78 is 0. The Morgan fingerprint density at radius 2 is 1.76 bits per heavy atom. The van der Waals surface area contributed by atoms with E-state index in [1.807, 2.05) is 0 Å². The number of nitrogens with zero attached hydrogens (tertiary/aromatic N) is 1. The number of aliphatic hydroxyl groups excluding tert-OH is 1. The molecule has 0 bridgehead atoms. The second kappa shape index (κ2) is 5.83. The van der Waals surface area contributed by atoms with Crippen LogP contribution in [-0.2, 0) is 0 Å². The average Bonchev–Trinajstić information content (AvgIpc) is 3.21. The van der Waals surface area contributed by atoms with Gasteiger partial charge in [0.05, 0.1) is 6.10 Å². The Morgan fingerprint density at radius 1 is 0.960 bits per heavy atom. The lowest BCUT2D eigenvalue weighted by molar-refractivity contribution is -0.111. The highest BCUT2D eigenvalue weighted by molar-refractivity contribution is 5.14. The molecule has 4 fully saturated rings. The fraction of sp³-hybridized carbons (Fsp3) is 0.913. The van der Waals surface area contributed by atoms with E-state index in [1.54, 1.807) is 0 Å². The minimum atomic E-state index is -0.0895. The smallest absolute Gasteiger partial charge is 0.0751 e. The molecule has 0 amide bonds. The first-order valence-electron chi connectivity index (χ1n) is 11.1. The maximum Gasteiger partial charge on any atom is 0.0751 e. The number of allylic oxidation sites excluding steroid dienone is 2. The van der Waals surface area contributed by atoms with E-state index in [4.69, 9.17) is 0 Å². The molecule has 4 aliphatic carbocycles. The van der Waals surface area contributed by atoms with Crippen molar-refractivity contribution in [3.05, 3.63) is 12.2 Å². The van der Waals surface area contributed by atoms with Gasteiger partial charge in [0.1, 0.15) is 0 Å². The molecule has 0 radical (unpaired) electrons. The predicted molar refractivity (Wildman–Crippen MR) is 102 cm³/mol. The number of aliphatic hydroxyl groups is 1. The van der Waals surface area contributed by atoms with Crippen molar-refractivity contribution in [1.29, 1.82) is 0 Å². The van der Waals surface area contributed by atoms with Crippen molar-refractivity contribution in [3.63, 3.8) is 0 Å². The Hall–Kier alpha value is -0.340. The summed E-state index contributed by atoms with van der Waals surface area (Å²) in [5.41, 5.74) is 0.720. The zero-order chi connectivity index (χ0) is 17.2. The third-order valence-electron chi connectivity index (χ3n) is 9.79. The Morgan fingerprint density at radius 3 is 2.56 bits per heavy atom. The minimum absolute atomic E-state index is 0.0895. The van der Waals surface area contributed by atoms with Crippen molar-refractivity contribution in [2.45, 2.75) is 83.8 Å². The Balaban J connectivity index is 1.44. The maximum atomic E-state index is 11.3. The van der Waals surface area contributed by atoms with Crippen LogP contribution in [0.5, 0.6) is 0 Å². The van der Waals surface area contributed by atoms with E-state index < -0.39 is 0 Å². The van der Waals surface area contributed by atoms with Gasteiger partial charge in [0.25, 0.3) is 0 Å². The molecule has 2 nitrogen and oxygen atoms in total. The van der Waals surface area contributed by atoms with Crippen LogP contribution >= 0.6 is 0 Å². The Kier molecular flexibility index (Phi) is 3.92. The monoisotopic (exact) mass is 343 g/mol. The van der Waals surface area contributed by atoms with Crippen LogP contribution in [0.4, 0.5) is 0 Å². The molecule has 0 spiro atoms. The van der Waals surface area contributed by atoms with Crippen molar-refractivity contribution in [2.75, 3.05) is 13.1 Å². The van der Waals surface area contributed by atoms with Gasteiger partial charge in [-0.3, -0.25) is 4.90 Å². The van der Waals surface area contributed by atoms with E-state index in [0.29, 0.717) is 11.5 Å². The van der Waals surface area contributed by atoms with Gasteiger partial charge in [-0.05, 0) is 105 Å². The summed E-state index contributed by atoms with van der Waals surface area (Å²) in [5, 5.41) is 11.3. The molecule has 8 atom stereocenters. The third kappa shape index (κ3) is 2.29. The molecule has 0 aromatic heterocycles. The molecule has 1 heterocycles. The lowest BCUT2D eigenvalue weighted by Crippen LogP contribution is -2.53. The molecule has 1 N–H and O–H groups in total. The van der Waals surface area contributed by atoms with Gasteiger partial charge in [0, 0.05) is 6.04 Å². The molecular formula is C23H37NO. The molecule has 0 aromatic rings. The molecule has 3 unspecified atom stereocenters. The molecule has 140 valence electrons. The largest absolute Gasteiger partial charge is 0.391 e. The summed E-state index contributed by atoms with van der Waals surface area (Å²) in [4.78, 5) is 2.64. The van der Waals surface area contributed by atoms with Crippen molar-refractivity contribution in [3.8, 4) is 0 Å². The van der Waals surface area contributed by atoms with E-state index in [0.717, 1.165) is 23.7 Å². The van der Waals surface area contributed by atoms with E-state index in [2.05, 4.69) is 30.9 Å². The summed E-state index contributed by atoms with van der Waals surface area (Å²) in [7, 11) is 0. The van der Waals surface area contributed by atoms with Gasteiger partial charge in [-0.25, -0.2) is 0 Å². The standard InChI is InChI=1S/C23H37NO/c1-22-11-4-3-7-16(22)8-9-17-18(22)10-12-23(2)19(17)15-20(21(23)25)24-13-5-6-14-24/h3-4,16-21,25H,5-15H2,1-2H3/t16?,17-,18-,19+,20?,21?,22+,23+/m1/s1. The topological polar surface area (TPSA) is 23.5 Å². The van der Waals surface area contributed by atoms with Crippen LogP contribution in [0.1, 0.15) is 71.6 Å². The van der Waals surface area contributed by atoms with Gasteiger partial charge >= 0.3 is 0 Å². The van der Waals surface area contributed by atoms with Crippen LogP contribution in [0.2, 0.25) is 0 Å². The summed E-state index contributed by atoms with van der Waals surface area (Å²) in [6.45, 7) is 7.51. The summed E-state index contributed by atoms with van der Waals surface area (Å²) in [6, 6.07) is 0.452. The first-order chi connectivity index (χ1) is 12.0. The van der Waals surface area contributed by atoms with Crippen LogP contribution in [0.3, 0.4) is 0 Å². The lowest BCUT2D eigenvalue weighted by atomic mass is 9.46. The van der Waals surface area contributed by atoms with Crippen LogP contribution in [-0.4, -0.2) is 35.2 Å². The molecule has 1 saturated heterocycles. The molecule has 1 aliphatic heterocycles. The second-order valence-electron chi connectivity index (χ2n) is 10.6. The first kappa shape index (κ1) is 16.8. The van der Waals surface area contributed by atoms with Crippen molar-refractivity contribution in [1.82, 2.24) is 4.90 Å². The molecule has 2 heteroatoms. The number of hydrogen-bond donors (Lipinski definition) is 1. The van der Waals surface area contributed by atoms with Gasteiger partial charge in [0.2, 0.25) is 0 Å². The highest BCUT2D eigenvalue weighted by Crippen LogP contribution is 2.66. The molecular weight excluding hydrogens is 306 g/mol. The van der Waals surface area contributed by atoms with Crippen LogP contribution in [0.15, 0.2) is 12.2 Å². The molecule has 5 aliphatic rings. The minimum Gasteiger partial charge on any atom is -0.391 e. The molecule has 5 rings (SSSR count). The molecule has 3 saturated carbocycles. The fourth-order valence-electron chi connectivity index (χ4n) is 8.25. The number of rotatable bonds is 1. The quantitative estimate of drug-likeness (QED) is 0.702. The average molecular weight is 344 g/mol. The normalized spacial score (nSPS) is 55.6. The summed E-state index contributed by atoms with van der Waals surface area (Å²) >= 11 is 0. The number of likely N-dealkylation sites (tertiary alicyclic amines) is 1. The van der Waals surface area contributed by atoms with Gasteiger partial charge in [-0.2, -0.15) is 0 Å². The van der Waals surface area contributed by atoms with Gasteiger partial charge in [-0.1, -0.05) is 26.0 Å². The van der Waals surface area contributed by atoms with Crippen molar-refractivity contribution in [2.24, 2.45) is 34.5 Å². The van der Waals surface area contributed by atoms with Crippen LogP contribution < -0.4 is 0 Å². The summed E-state index contributed by atoms with van der Waals surface area (Å²) in [5.74, 6) is 3.45. The highest BCUT2D eigenvalue weighted by Gasteiger charge is 2.62. The van der Waals surface area contributed by atoms with E-state index in [1.165, 1.54) is 70.9 Å². The predicted octanol–water partition coefficient (Wildman–Crippen LogP) is 4.63. The summed E-state index contributed by atoms with van der Waals surface area (Å²) in [6.07, 6.45) is 16.9. The SMILES string of the molecule is C[C@]12CC=CCC1CC[C@@H]1[C@H]2CC[C@]2(C)C(O)C(N3CCCC3)C[C@@H]12.